The molecular formula is C9H9BF3-. The van der Waals surface area contributed by atoms with Crippen LogP contribution in [0.2, 0.25) is 0 Å². The topological polar surface area (TPSA) is 0 Å². The van der Waals surface area contributed by atoms with Crippen LogP contribution >= 0.6 is 0 Å². The molecule has 0 aromatic heterocycles. The number of hydrogen-bond donors (Lipinski definition) is 0. The molecular weight excluding hydrogens is 176 g/mol. The van der Waals surface area contributed by atoms with Gasteiger partial charge < -0.3 is 12.9 Å². The summed E-state index contributed by atoms with van der Waals surface area (Å²) in [5, 5.41) is 0. The summed E-state index contributed by atoms with van der Waals surface area (Å²) < 4.78 is 37.3. The van der Waals surface area contributed by atoms with Gasteiger partial charge in [0.15, 0.2) is 0 Å². The number of rotatable bonds is 2. The zero-order valence-electron chi connectivity index (χ0n) is 7.23. The quantitative estimate of drug-likeness (QED) is 0.621. The molecule has 1 rings (SSSR count). The van der Waals surface area contributed by atoms with Crippen molar-refractivity contribution in [1.29, 1.82) is 0 Å². The first-order chi connectivity index (χ1) is 5.93. The molecule has 0 aliphatic heterocycles. The van der Waals surface area contributed by atoms with Crippen LogP contribution in [0.3, 0.4) is 0 Å². The Balaban J connectivity index is 3.28. The van der Waals surface area contributed by atoms with Crippen molar-refractivity contribution in [2.24, 2.45) is 0 Å². The summed E-state index contributed by atoms with van der Waals surface area (Å²) in [6.07, 6.45) is 0. The highest BCUT2D eigenvalue weighted by molar-refractivity contribution is 6.74. The molecule has 1 aromatic carbocycles. The Morgan fingerprint density at radius 3 is 2.15 bits per heavy atom. The third kappa shape index (κ3) is 2.14. The first-order valence-corrected chi connectivity index (χ1v) is 3.87. The van der Waals surface area contributed by atoms with E-state index >= 15 is 0 Å². The molecule has 70 valence electrons. The minimum Gasteiger partial charge on any atom is -0.445 e. The van der Waals surface area contributed by atoms with Gasteiger partial charge in [-0.1, -0.05) is 42.0 Å². The summed E-state index contributed by atoms with van der Waals surface area (Å²) >= 11 is 0. The predicted molar refractivity (Wildman–Crippen MR) is 49.9 cm³/mol. The van der Waals surface area contributed by atoms with Crippen LogP contribution in [0.25, 0.3) is 5.57 Å². The summed E-state index contributed by atoms with van der Waals surface area (Å²) in [4.78, 5) is 0. The zero-order valence-corrected chi connectivity index (χ0v) is 7.23. The fourth-order valence-corrected chi connectivity index (χ4v) is 1.17. The van der Waals surface area contributed by atoms with Gasteiger partial charge in [-0.25, -0.2) is 0 Å². The Morgan fingerprint density at radius 2 is 1.77 bits per heavy atom. The van der Waals surface area contributed by atoms with Crippen LogP contribution in [0.1, 0.15) is 12.5 Å². The van der Waals surface area contributed by atoms with E-state index < -0.39 is 12.4 Å². The van der Waals surface area contributed by atoms with Gasteiger partial charge in [0.05, 0.1) is 0 Å². The lowest BCUT2D eigenvalue weighted by Crippen LogP contribution is -2.36. The second kappa shape index (κ2) is 3.28. The first kappa shape index (κ1) is 9.90. The van der Waals surface area contributed by atoms with Crippen LogP contribution in [-0.2, 0) is 0 Å². The highest BCUT2D eigenvalue weighted by Gasteiger charge is 2.27. The van der Waals surface area contributed by atoms with Gasteiger partial charge in [-0.2, -0.15) is 0 Å². The van der Waals surface area contributed by atoms with Gasteiger partial charge in [-0.05, 0) is 6.92 Å². The summed E-state index contributed by atoms with van der Waals surface area (Å²) in [5.41, 5.74) is 0.0693. The third-order valence-electron chi connectivity index (χ3n) is 1.77. The molecule has 0 heterocycles. The lowest BCUT2D eigenvalue weighted by molar-refractivity contribution is 0.501. The molecule has 0 spiro atoms. The van der Waals surface area contributed by atoms with Gasteiger partial charge in [0.2, 0.25) is 0 Å². The van der Waals surface area contributed by atoms with E-state index in [0.717, 1.165) is 6.07 Å². The van der Waals surface area contributed by atoms with Crippen molar-refractivity contribution >= 4 is 18.0 Å². The normalized spacial score (nSPS) is 11.4. The summed E-state index contributed by atoms with van der Waals surface area (Å²) in [6, 6.07) is 5.49. The van der Waals surface area contributed by atoms with Crippen LogP contribution in [0.4, 0.5) is 12.9 Å². The number of hydrogen-bond acceptors (Lipinski definition) is 0. The number of allylic oxidation sites excluding steroid dienone is 1. The third-order valence-corrected chi connectivity index (χ3v) is 1.77. The molecule has 0 fully saturated rings. The van der Waals surface area contributed by atoms with E-state index in [1.807, 2.05) is 0 Å². The average molecular weight is 185 g/mol. The molecule has 0 unspecified atom stereocenters. The monoisotopic (exact) mass is 185 g/mol. The van der Waals surface area contributed by atoms with Crippen molar-refractivity contribution in [3.8, 4) is 0 Å². The average Bonchev–Trinajstić information content (AvgIpc) is 2.03. The van der Waals surface area contributed by atoms with Gasteiger partial charge in [-0.3, -0.25) is 0 Å². The maximum absolute atomic E-state index is 12.4. The predicted octanol–water partition coefficient (Wildman–Crippen LogP) is 2.77. The summed E-state index contributed by atoms with van der Waals surface area (Å²) in [6.45, 7) is 0.151. The minimum atomic E-state index is -4.93. The lowest BCUT2D eigenvalue weighted by Gasteiger charge is -2.19. The molecule has 1 aromatic rings. The Hall–Kier alpha value is -1.19. The molecule has 4 heteroatoms. The smallest absolute Gasteiger partial charge is 0.445 e. The minimum absolute atomic E-state index is 0.190. The molecule has 0 atom stereocenters. The molecule has 0 saturated carbocycles. The molecule has 13 heavy (non-hydrogen) atoms. The standard InChI is InChI=1S/C9H9BF3/c1-7(2)8-5-3-4-6-9(8)10(11,12)13/h3-6H,1H2,2H3/q-1. The van der Waals surface area contributed by atoms with E-state index in [1.165, 1.54) is 12.1 Å². The van der Waals surface area contributed by atoms with Crippen LogP contribution in [0, 0.1) is 0 Å². The second-order valence-corrected chi connectivity index (χ2v) is 2.94. The molecule has 0 aliphatic rings. The Morgan fingerprint density at radius 1 is 1.23 bits per heavy atom. The molecule has 0 bridgehead atoms. The van der Waals surface area contributed by atoms with E-state index in [9.17, 15) is 12.9 Å². The molecule has 0 saturated heterocycles. The van der Waals surface area contributed by atoms with Gasteiger partial charge in [0.25, 0.3) is 0 Å². The van der Waals surface area contributed by atoms with Crippen molar-refractivity contribution in [2.45, 2.75) is 6.92 Å². The zero-order chi connectivity index (χ0) is 10.1. The number of benzene rings is 1. The molecule has 0 N–H and O–H groups in total. The second-order valence-electron chi connectivity index (χ2n) is 2.94. The van der Waals surface area contributed by atoms with Gasteiger partial charge >= 0.3 is 6.98 Å². The van der Waals surface area contributed by atoms with E-state index in [-0.39, 0.29) is 5.56 Å². The van der Waals surface area contributed by atoms with Crippen molar-refractivity contribution in [1.82, 2.24) is 0 Å². The first-order valence-electron chi connectivity index (χ1n) is 3.87. The fraction of sp³-hybridized carbons (Fsp3) is 0.111. The molecule has 0 amide bonds. The maximum atomic E-state index is 12.4. The van der Waals surface area contributed by atoms with Crippen LogP contribution in [0.5, 0.6) is 0 Å². The van der Waals surface area contributed by atoms with E-state index in [2.05, 4.69) is 6.58 Å². The van der Waals surface area contributed by atoms with Crippen molar-refractivity contribution in [2.75, 3.05) is 0 Å². The molecule has 0 aliphatic carbocycles. The Labute approximate surface area is 75.1 Å². The Bertz CT molecular complexity index is 328. The van der Waals surface area contributed by atoms with Crippen LogP contribution < -0.4 is 5.46 Å². The maximum Gasteiger partial charge on any atom is 0.510 e. The van der Waals surface area contributed by atoms with Crippen molar-refractivity contribution in [3.05, 3.63) is 36.4 Å². The fourth-order valence-electron chi connectivity index (χ4n) is 1.17. The SMILES string of the molecule is C=C(C)c1ccccc1[B-](F)(F)F. The number of halogens is 3. The van der Waals surface area contributed by atoms with Crippen molar-refractivity contribution < 1.29 is 12.9 Å². The largest absolute Gasteiger partial charge is 0.510 e. The molecule has 0 nitrogen and oxygen atoms in total. The van der Waals surface area contributed by atoms with Crippen molar-refractivity contribution in [3.63, 3.8) is 0 Å². The molecule has 0 radical (unpaired) electrons. The van der Waals surface area contributed by atoms with Gasteiger partial charge in [0.1, 0.15) is 0 Å². The van der Waals surface area contributed by atoms with Gasteiger partial charge in [0, 0.05) is 0 Å². The van der Waals surface area contributed by atoms with Crippen LogP contribution in [0.15, 0.2) is 30.8 Å². The van der Waals surface area contributed by atoms with Gasteiger partial charge in [-0.15, -0.1) is 5.46 Å². The Kier molecular flexibility index (Phi) is 2.50. The summed E-state index contributed by atoms with van der Waals surface area (Å²) in [7, 11) is 0. The van der Waals surface area contributed by atoms with E-state index in [0.29, 0.717) is 5.57 Å². The highest BCUT2D eigenvalue weighted by Crippen LogP contribution is 2.16. The van der Waals surface area contributed by atoms with E-state index in [4.69, 9.17) is 0 Å². The summed E-state index contributed by atoms with van der Waals surface area (Å²) in [5.74, 6) is 0. The van der Waals surface area contributed by atoms with Crippen LogP contribution in [-0.4, -0.2) is 6.98 Å². The van der Waals surface area contributed by atoms with E-state index in [1.54, 1.807) is 13.0 Å². The lowest BCUT2D eigenvalue weighted by atomic mass is 9.75. The highest BCUT2D eigenvalue weighted by atomic mass is 19.4.